The van der Waals surface area contributed by atoms with E-state index < -0.39 is 18.0 Å². The van der Waals surface area contributed by atoms with Crippen molar-refractivity contribution in [1.82, 2.24) is 9.55 Å². The summed E-state index contributed by atoms with van der Waals surface area (Å²) in [4.78, 5) is 29.1. The molecule has 1 N–H and O–H groups in total. The van der Waals surface area contributed by atoms with Gasteiger partial charge in [0.15, 0.2) is 0 Å². The first-order chi connectivity index (χ1) is 16.0. The van der Waals surface area contributed by atoms with Crippen molar-refractivity contribution in [3.63, 3.8) is 0 Å². The number of carbonyl (C=O) groups excluding carboxylic acids is 2. The predicted molar refractivity (Wildman–Crippen MR) is 125 cm³/mol. The minimum Gasteiger partial charge on any atom is -0.464 e. The van der Waals surface area contributed by atoms with Gasteiger partial charge in [-0.25, -0.2) is 14.6 Å². The molecule has 33 heavy (non-hydrogen) atoms. The van der Waals surface area contributed by atoms with Crippen LogP contribution in [-0.2, 0) is 20.8 Å². The van der Waals surface area contributed by atoms with E-state index in [0.717, 1.165) is 16.5 Å². The lowest BCUT2D eigenvalue weighted by Gasteiger charge is -2.17. The van der Waals surface area contributed by atoms with Crippen LogP contribution >= 0.6 is 0 Å². The van der Waals surface area contributed by atoms with Crippen molar-refractivity contribution in [3.05, 3.63) is 89.8 Å². The zero-order valence-corrected chi connectivity index (χ0v) is 18.4. The highest BCUT2D eigenvalue weighted by atomic mass is 16.5. The van der Waals surface area contributed by atoms with E-state index in [9.17, 15) is 14.7 Å². The van der Waals surface area contributed by atoms with E-state index in [1.807, 2.05) is 59.2 Å². The molecule has 0 fully saturated rings. The van der Waals surface area contributed by atoms with Gasteiger partial charge in [0.2, 0.25) is 0 Å². The lowest BCUT2D eigenvalue weighted by Crippen LogP contribution is -2.17. The van der Waals surface area contributed by atoms with E-state index in [1.54, 1.807) is 13.0 Å². The number of hydrogen-bond acceptors (Lipinski definition) is 6. The number of methoxy groups -OCH3 is 1. The van der Waals surface area contributed by atoms with E-state index in [4.69, 9.17) is 9.47 Å². The molecule has 168 valence electrons. The van der Waals surface area contributed by atoms with Crippen molar-refractivity contribution < 1.29 is 24.2 Å². The molecule has 7 nitrogen and oxygen atoms in total. The van der Waals surface area contributed by atoms with Crippen molar-refractivity contribution in [3.8, 4) is 0 Å². The molecule has 4 rings (SSSR count). The van der Waals surface area contributed by atoms with Crippen molar-refractivity contribution in [2.24, 2.45) is 0 Å². The molecule has 2 aromatic heterocycles. The Hall–Kier alpha value is -3.97. The van der Waals surface area contributed by atoms with Gasteiger partial charge in [0.25, 0.3) is 0 Å². The molecular formula is C26H24N2O5. The van der Waals surface area contributed by atoms with Crippen LogP contribution in [0.1, 0.15) is 34.8 Å². The summed E-state index contributed by atoms with van der Waals surface area (Å²) >= 11 is 0. The number of hydrogen-bond donors (Lipinski definition) is 1. The summed E-state index contributed by atoms with van der Waals surface area (Å²) in [6.07, 6.45) is -1.48. The maximum Gasteiger partial charge on any atom is 0.356 e. The maximum absolute atomic E-state index is 12.4. The lowest BCUT2D eigenvalue weighted by molar-refractivity contribution is -0.139. The molecule has 0 aliphatic heterocycles. The number of ether oxygens (including phenoxy) is 2. The van der Waals surface area contributed by atoms with Crippen LogP contribution in [0.25, 0.3) is 21.8 Å². The highest BCUT2D eigenvalue weighted by molar-refractivity contribution is 6.11. The number of benzene rings is 2. The van der Waals surface area contributed by atoms with Crippen LogP contribution in [0.2, 0.25) is 0 Å². The van der Waals surface area contributed by atoms with E-state index in [1.165, 1.54) is 7.11 Å². The average molecular weight is 444 g/mol. The highest BCUT2D eigenvalue weighted by Gasteiger charge is 2.28. The van der Waals surface area contributed by atoms with Gasteiger partial charge in [0.05, 0.1) is 30.5 Å². The maximum atomic E-state index is 12.4. The molecule has 0 amide bonds. The molecule has 0 spiro atoms. The molecule has 2 aromatic carbocycles. The first kappa shape index (κ1) is 22.2. The van der Waals surface area contributed by atoms with Crippen LogP contribution in [0.5, 0.6) is 0 Å². The van der Waals surface area contributed by atoms with Gasteiger partial charge in [-0.15, -0.1) is 0 Å². The zero-order chi connectivity index (χ0) is 23.5. The third kappa shape index (κ3) is 4.10. The molecule has 0 saturated heterocycles. The number of aliphatic hydroxyl groups is 1. The largest absolute Gasteiger partial charge is 0.464 e. The Bertz CT molecular complexity index is 1360. The van der Waals surface area contributed by atoms with Gasteiger partial charge in [-0.3, -0.25) is 0 Å². The Balaban J connectivity index is 2.02. The number of aliphatic hydroxyl groups excluding tert-OH is 1. The second-order valence-electron chi connectivity index (χ2n) is 7.52. The van der Waals surface area contributed by atoms with E-state index in [2.05, 4.69) is 11.6 Å². The van der Waals surface area contributed by atoms with E-state index in [-0.39, 0.29) is 23.6 Å². The van der Waals surface area contributed by atoms with Gasteiger partial charge in [-0.1, -0.05) is 55.1 Å². The molecule has 1 unspecified atom stereocenters. The fourth-order valence-corrected chi connectivity index (χ4v) is 3.93. The molecule has 0 aliphatic carbocycles. The fourth-order valence-electron chi connectivity index (χ4n) is 3.93. The standard InChI is InChI=1S/C26H24N2O5/c1-4-33-25(30)16(2)24(29)22-23-19(14-20(27-22)26(31)32-3)18-12-8-9-13-21(18)28(23)15-17-10-6-5-7-11-17/h5-14,24,29H,2,4,15H2,1,3H3. The number of carbonyl (C=O) groups is 2. The van der Waals surface area contributed by atoms with Crippen molar-refractivity contribution in [1.29, 1.82) is 0 Å². The Morgan fingerprint density at radius 2 is 1.79 bits per heavy atom. The van der Waals surface area contributed by atoms with Gasteiger partial charge in [-0.05, 0) is 24.6 Å². The van der Waals surface area contributed by atoms with Gasteiger partial charge in [0.1, 0.15) is 11.8 Å². The second kappa shape index (κ2) is 9.26. The van der Waals surface area contributed by atoms with Crippen LogP contribution in [-0.4, -0.2) is 40.3 Å². The molecule has 4 aromatic rings. The van der Waals surface area contributed by atoms with Crippen molar-refractivity contribution >= 4 is 33.7 Å². The molecule has 0 bridgehead atoms. The molecule has 0 saturated carbocycles. The van der Waals surface area contributed by atoms with Crippen molar-refractivity contribution in [2.45, 2.75) is 19.6 Å². The first-order valence-electron chi connectivity index (χ1n) is 10.5. The normalized spacial score (nSPS) is 12.0. The Morgan fingerprint density at radius 1 is 1.09 bits per heavy atom. The predicted octanol–water partition coefficient (Wildman–Crippen LogP) is 4.18. The van der Waals surface area contributed by atoms with Gasteiger partial charge < -0.3 is 19.1 Å². The SMILES string of the molecule is C=C(C(=O)OCC)C(O)c1nc(C(=O)OC)cc2c3ccccc3n(Cc3ccccc3)c12. The van der Waals surface area contributed by atoms with Crippen LogP contribution in [0.3, 0.4) is 0 Å². The first-order valence-corrected chi connectivity index (χ1v) is 10.5. The topological polar surface area (TPSA) is 90.7 Å². The molecule has 0 radical (unpaired) electrons. The number of rotatable bonds is 7. The summed E-state index contributed by atoms with van der Waals surface area (Å²) in [7, 11) is 1.26. The highest BCUT2D eigenvalue weighted by Crippen LogP contribution is 2.36. The van der Waals surface area contributed by atoms with E-state index >= 15 is 0 Å². The number of nitrogens with zero attached hydrogens (tertiary/aromatic N) is 2. The number of aromatic nitrogens is 2. The van der Waals surface area contributed by atoms with Crippen LogP contribution in [0.4, 0.5) is 0 Å². The molecule has 0 aliphatic rings. The number of pyridine rings is 1. The summed E-state index contributed by atoms with van der Waals surface area (Å²) in [5, 5.41) is 12.7. The number of para-hydroxylation sites is 1. The van der Waals surface area contributed by atoms with Gasteiger partial charge in [-0.2, -0.15) is 0 Å². The fraction of sp³-hybridized carbons (Fsp3) is 0.192. The number of fused-ring (bicyclic) bond motifs is 3. The summed E-state index contributed by atoms with van der Waals surface area (Å²) in [5.74, 6) is -1.37. The van der Waals surface area contributed by atoms with Gasteiger partial charge >= 0.3 is 11.9 Å². The molecule has 2 heterocycles. The smallest absolute Gasteiger partial charge is 0.356 e. The Kier molecular flexibility index (Phi) is 6.24. The zero-order valence-electron chi connectivity index (χ0n) is 18.4. The van der Waals surface area contributed by atoms with E-state index in [0.29, 0.717) is 17.4 Å². The Morgan fingerprint density at radius 3 is 2.48 bits per heavy atom. The molecule has 1 atom stereocenters. The monoisotopic (exact) mass is 444 g/mol. The number of esters is 2. The minimum atomic E-state index is -1.48. The van der Waals surface area contributed by atoms with Crippen LogP contribution < -0.4 is 0 Å². The molecule has 7 heteroatoms. The summed E-state index contributed by atoms with van der Waals surface area (Å²) in [6, 6.07) is 19.2. The third-order valence-electron chi connectivity index (χ3n) is 5.48. The van der Waals surface area contributed by atoms with Crippen LogP contribution in [0.15, 0.2) is 72.8 Å². The average Bonchev–Trinajstić information content (AvgIpc) is 3.16. The molecular weight excluding hydrogens is 420 g/mol. The Labute approximate surface area is 190 Å². The summed E-state index contributed by atoms with van der Waals surface area (Å²) in [5.41, 5.74) is 2.54. The van der Waals surface area contributed by atoms with Crippen LogP contribution in [0, 0.1) is 0 Å². The van der Waals surface area contributed by atoms with Crippen molar-refractivity contribution in [2.75, 3.05) is 13.7 Å². The van der Waals surface area contributed by atoms with Gasteiger partial charge in [0, 0.05) is 22.8 Å². The third-order valence-corrected chi connectivity index (χ3v) is 5.48. The minimum absolute atomic E-state index is 0.0262. The summed E-state index contributed by atoms with van der Waals surface area (Å²) < 4.78 is 11.9. The quantitative estimate of drug-likeness (QED) is 0.340. The second-order valence-corrected chi connectivity index (χ2v) is 7.52. The summed E-state index contributed by atoms with van der Waals surface area (Å²) in [6.45, 7) is 6.04. The lowest BCUT2D eigenvalue weighted by atomic mass is 10.0.